The van der Waals surface area contributed by atoms with E-state index in [1.807, 2.05) is 6.08 Å². The lowest BCUT2D eigenvalue weighted by molar-refractivity contribution is 0.923. The lowest BCUT2D eigenvalue weighted by Crippen LogP contribution is -2.11. The second-order valence-corrected chi connectivity index (χ2v) is 3.59. The Kier molecular flexibility index (Phi) is 3.18. The molecule has 0 unspecified atom stereocenters. The monoisotopic (exact) mass is 227 g/mol. The third-order valence-electron chi connectivity index (χ3n) is 2.28. The topological polar surface area (TPSA) is 63.4 Å². The molecule has 0 amide bonds. The fraction of sp³-hybridized carbons (Fsp3) is 0.250. The van der Waals surface area contributed by atoms with Crippen molar-refractivity contribution in [3.05, 3.63) is 36.2 Å². The van der Waals surface area contributed by atoms with Crippen LogP contribution in [-0.2, 0) is 0 Å². The van der Waals surface area contributed by atoms with Crippen LogP contribution in [0, 0.1) is 6.92 Å². The van der Waals surface area contributed by atoms with Crippen LogP contribution in [0.1, 0.15) is 23.9 Å². The summed E-state index contributed by atoms with van der Waals surface area (Å²) in [4.78, 5) is 20.8. The van der Waals surface area contributed by atoms with Gasteiger partial charge in [0.05, 0.1) is 5.70 Å². The Hall–Kier alpha value is -2.17. The van der Waals surface area contributed by atoms with Gasteiger partial charge < -0.3 is 0 Å². The molecule has 1 aliphatic rings. The maximum absolute atomic E-state index is 4.37. The zero-order valence-electron chi connectivity index (χ0n) is 9.72. The van der Waals surface area contributed by atoms with Crippen LogP contribution in [-0.4, -0.2) is 33.9 Å². The third kappa shape index (κ3) is 2.50. The van der Waals surface area contributed by atoms with Crippen molar-refractivity contribution < 1.29 is 0 Å². The minimum absolute atomic E-state index is 0.442. The summed E-state index contributed by atoms with van der Waals surface area (Å²) in [5.41, 5.74) is 1.22. The fourth-order valence-electron chi connectivity index (χ4n) is 1.45. The molecule has 2 heterocycles. The first-order chi connectivity index (χ1) is 8.20. The van der Waals surface area contributed by atoms with Gasteiger partial charge in [-0.2, -0.15) is 0 Å². The van der Waals surface area contributed by atoms with E-state index < -0.39 is 0 Å². The third-order valence-corrected chi connectivity index (χ3v) is 2.28. The van der Waals surface area contributed by atoms with Crippen molar-refractivity contribution in [3.63, 3.8) is 0 Å². The first-order valence-corrected chi connectivity index (χ1v) is 5.31. The van der Waals surface area contributed by atoms with E-state index in [1.54, 1.807) is 6.92 Å². The molecule has 5 nitrogen and oxygen atoms in total. The molecule has 0 spiro atoms. The summed E-state index contributed by atoms with van der Waals surface area (Å²) in [5, 5.41) is 0. The Labute approximate surface area is 99.8 Å². The van der Waals surface area contributed by atoms with Gasteiger partial charge in [-0.1, -0.05) is 12.7 Å². The van der Waals surface area contributed by atoms with Crippen LogP contribution in [0.4, 0.5) is 0 Å². The molecular weight excluding hydrogens is 214 g/mol. The normalized spacial score (nSPS) is 14.3. The van der Waals surface area contributed by atoms with Crippen LogP contribution in [0.15, 0.2) is 28.7 Å². The van der Waals surface area contributed by atoms with Gasteiger partial charge in [-0.25, -0.2) is 15.0 Å². The molecule has 0 aromatic carbocycles. The maximum atomic E-state index is 4.37. The van der Waals surface area contributed by atoms with Gasteiger partial charge in [0, 0.05) is 6.54 Å². The SMILES string of the molecule is C=NC(=C)c1nc(C)nc(C2=NCCC=C2)n1. The molecule has 0 aliphatic carbocycles. The standard InChI is InChI=1S/C12H13N5/c1-8(13-3)11-15-9(2)16-12(17-11)10-6-4-5-7-14-10/h4,6H,1,3,5,7H2,2H3. The average Bonchev–Trinajstić information content (AvgIpc) is 2.38. The number of hydrogen-bond acceptors (Lipinski definition) is 5. The van der Waals surface area contributed by atoms with Crippen molar-refractivity contribution in [1.82, 2.24) is 15.0 Å². The van der Waals surface area contributed by atoms with Crippen molar-refractivity contribution >= 4 is 18.1 Å². The first-order valence-electron chi connectivity index (χ1n) is 5.31. The quantitative estimate of drug-likeness (QED) is 0.737. The summed E-state index contributed by atoms with van der Waals surface area (Å²) >= 11 is 0. The van der Waals surface area contributed by atoms with Crippen molar-refractivity contribution in [1.29, 1.82) is 0 Å². The Bertz CT molecular complexity index is 528. The van der Waals surface area contributed by atoms with E-state index in [0.29, 0.717) is 23.2 Å². The Morgan fingerprint density at radius 3 is 2.82 bits per heavy atom. The molecular formula is C12H13N5. The summed E-state index contributed by atoms with van der Waals surface area (Å²) in [5.74, 6) is 1.63. The Morgan fingerprint density at radius 2 is 2.18 bits per heavy atom. The summed E-state index contributed by atoms with van der Waals surface area (Å²) in [6.45, 7) is 9.72. The second kappa shape index (κ2) is 4.78. The minimum Gasteiger partial charge on any atom is -0.281 e. The highest BCUT2D eigenvalue weighted by Gasteiger charge is 2.10. The van der Waals surface area contributed by atoms with Gasteiger partial charge in [0.15, 0.2) is 11.6 Å². The number of hydrogen-bond donors (Lipinski definition) is 0. The Balaban J connectivity index is 2.44. The van der Waals surface area contributed by atoms with Gasteiger partial charge in [-0.15, -0.1) is 0 Å². The number of aryl methyl sites for hydroxylation is 1. The van der Waals surface area contributed by atoms with E-state index in [0.717, 1.165) is 18.7 Å². The van der Waals surface area contributed by atoms with Crippen LogP contribution in [0.2, 0.25) is 0 Å². The zero-order valence-corrected chi connectivity index (χ0v) is 9.72. The van der Waals surface area contributed by atoms with Crippen molar-refractivity contribution in [3.8, 4) is 0 Å². The van der Waals surface area contributed by atoms with Crippen LogP contribution in [0.25, 0.3) is 5.70 Å². The largest absolute Gasteiger partial charge is 0.281 e. The van der Waals surface area contributed by atoms with E-state index >= 15 is 0 Å². The molecule has 0 radical (unpaired) electrons. The minimum atomic E-state index is 0.442. The lowest BCUT2D eigenvalue weighted by atomic mass is 10.2. The summed E-state index contributed by atoms with van der Waals surface area (Å²) in [6.07, 6.45) is 4.94. The number of rotatable bonds is 3. The van der Waals surface area contributed by atoms with Gasteiger partial charge in [0.1, 0.15) is 11.5 Å². The Morgan fingerprint density at radius 1 is 1.35 bits per heavy atom. The number of nitrogens with zero attached hydrogens (tertiary/aromatic N) is 5. The van der Waals surface area contributed by atoms with Gasteiger partial charge in [-0.3, -0.25) is 9.98 Å². The average molecular weight is 227 g/mol. The number of allylic oxidation sites excluding steroid dienone is 1. The van der Waals surface area contributed by atoms with Gasteiger partial charge in [-0.05, 0) is 26.1 Å². The second-order valence-electron chi connectivity index (χ2n) is 3.59. The summed E-state index contributed by atoms with van der Waals surface area (Å²) in [7, 11) is 0. The van der Waals surface area contributed by atoms with E-state index in [-0.39, 0.29) is 0 Å². The van der Waals surface area contributed by atoms with Crippen LogP contribution < -0.4 is 0 Å². The molecule has 1 aliphatic heterocycles. The molecule has 0 saturated carbocycles. The first kappa shape index (κ1) is 11.3. The summed E-state index contributed by atoms with van der Waals surface area (Å²) < 4.78 is 0. The van der Waals surface area contributed by atoms with Gasteiger partial charge in [0.25, 0.3) is 0 Å². The highest BCUT2D eigenvalue weighted by molar-refractivity contribution is 6.06. The predicted octanol–water partition coefficient (Wildman–Crippen LogP) is 1.60. The highest BCUT2D eigenvalue weighted by Crippen LogP contribution is 2.10. The lowest BCUT2D eigenvalue weighted by Gasteiger charge is -2.07. The molecule has 1 aromatic rings. The molecule has 0 fully saturated rings. The van der Waals surface area contributed by atoms with Crippen LogP contribution >= 0.6 is 0 Å². The van der Waals surface area contributed by atoms with Gasteiger partial charge in [0.2, 0.25) is 0 Å². The fourth-order valence-corrected chi connectivity index (χ4v) is 1.45. The molecule has 0 atom stereocenters. The van der Waals surface area contributed by atoms with Crippen LogP contribution in [0.3, 0.4) is 0 Å². The van der Waals surface area contributed by atoms with E-state index in [2.05, 4.69) is 44.3 Å². The van der Waals surface area contributed by atoms with Crippen molar-refractivity contribution in [2.45, 2.75) is 13.3 Å². The molecule has 17 heavy (non-hydrogen) atoms. The smallest absolute Gasteiger partial charge is 0.181 e. The molecule has 86 valence electrons. The number of aromatic nitrogens is 3. The van der Waals surface area contributed by atoms with Crippen molar-refractivity contribution in [2.24, 2.45) is 9.98 Å². The van der Waals surface area contributed by atoms with E-state index in [4.69, 9.17) is 0 Å². The maximum Gasteiger partial charge on any atom is 0.181 e. The highest BCUT2D eigenvalue weighted by atomic mass is 15.1. The molecule has 0 bridgehead atoms. The predicted molar refractivity (Wildman–Crippen MR) is 68.3 cm³/mol. The van der Waals surface area contributed by atoms with E-state index in [9.17, 15) is 0 Å². The summed E-state index contributed by atoms with van der Waals surface area (Å²) in [6, 6.07) is 0. The number of dihydropyridines is 1. The van der Waals surface area contributed by atoms with Gasteiger partial charge >= 0.3 is 0 Å². The molecule has 0 N–H and O–H groups in total. The number of aliphatic imine (C=N–C) groups is 2. The molecule has 0 saturated heterocycles. The van der Waals surface area contributed by atoms with Crippen molar-refractivity contribution in [2.75, 3.05) is 6.54 Å². The van der Waals surface area contributed by atoms with Crippen LogP contribution in [0.5, 0.6) is 0 Å². The zero-order chi connectivity index (χ0) is 12.3. The van der Waals surface area contributed by atoms with E-state index in [1.165, 1.54) is 0 Å². The molecule has 1 aromatic heterocycles. The molecule has 5 heteroatoms. The molecule has 2 rings (SSSR count).